The highest BCUT2D eigenvalue weighted by Gasteiger charge is 2.36. The van der Waals surface area contributed by atoms with Crippen molar-refractivity contribution < 1.29 is 14.6 Å². The van der Waals surface area contributed by atoms with E-state index in [-0.39, 0.29) is 37.0 Å². The number of benzene rings is 4. The summed E-state index contributed by atoms with van der Waals surface area (Å²) in [6.45, 7) is 0.129. The lowest BCUT2D eigenvalue weighted by Gasteiger charge is -2.36. The minimum atomic E-state index is -1.10. The van der Waals surface area contributed by atoms with Crippen molar-refractivity contribution in [3.63, 3.8) is 0 Å². The second-order valence-corrected chi connectivity index (χ2v) is 10.5. The molecule has 10 heteroatoms. The van der Waals surface area contributed by atoms with E-state index in [1.165, 1.54) is 4.90 Å². The maximum atomic E-state index is 14.9. The van der Waals surface area contributed by atoms with Gasteiger partial charge in [-0.25, -0.2) is 10.1 Å². The van der Waals surface area contributed by atoms with Crippen LogP contribution in [0.15, 0.2) is 126 Å². The van der Waals surface area contributed by atoms with E-state index in [1.807, 2.05) is 121 Å². The summed E-state index contributed by atoms with van der Waals surface area (Å²) in [6.07, 6.45) is 0.0476. The fourth-order valence-corrected chi connectivity index (χ4v) is 5.38. The quantitative estimate of drug-likeness (QED) is 0.0865. The molecule has 2 amide bonds. The molecule has 226 valence electrons. The zero-order valence-corrected chi connectivity index (χ0v) is 24.2. The molecule has 0 aliphatic rings. The average molecular weight is 593 g/mol. The van der Waals surface area contributed by atoms with Crippen LogP contribution in [0.2, 0.25) is 0 Å². The van der Waals surface area contributed by atoms with E-state index < -0.39 is 28.9 Å². The van der Waals surface area contributed by atoms with Crippen LogP contribution in [0.1, 0.15) is 46.9 Å². The summed E-state index contributed by atoms with van der Waals surface area (Å²) in [5.41, 5.74) is 21.3. The van der Waals surface area contributed by atoms with Crippen LogP contribution in [0.3, 0.4) is 0 Å². The largest absolute Gasteiger partial charge is 0.381 e. The Kier molecular flexibility index (Phi) is 10.9. The third-order valence-electron chi connectivity index (χ3n) is 7.61. The van der Waals surface area contributed by atoms with Gasteiger partial charge >= 0.3 is 0 Å². The average Bonchev–Trinajstić information content (AvgIpc) is 3.04. The number of amides is 2. The number of hydrogen-bond donors (Lipinski definition) is 3. The van der Waals surface area contributed by atoms with Crippen molar-refractivity contribution in [2.45, 2.75) is 36.8 Å². The van der Waals surface area contributed by atoms with Crippen molar-refractivity contribution in [1.29, 1.82) is 0 Å². The summed E-state index contributed by atoms with van der Waals surface area (Å²) in [7, 11) is 0. The van der Waals surface area contributed by atoms with Gasteiger partial charge < -0.3 is 22.1 Å². The fourth-order valence-electron chi connectivity index (χ4n) is 5.38. The normalized spacial score (nSPS) is 12.9. The third kappa shape index (κ3) is 8.14. The Bertz CT molecular complexity index is 1470. The number of nitrogens with two attached hydrogens (primary N) is 3. The molecule has 0 heterocycles. The molecule has 6 N–H and O–H groups in total. The smallest absolute Gasteiger partial charge is 0.240 e. The summed E-state index contributed by atoms with van der Waals surface area (Å²) in [6, 6.07) is 36.1. The lowest BCUT2D eigenvalue weighted by molar-refractivity contribution is -0.485. The monoisotopic (exact) mass is 592 g/mol. The molecule has 2 atom stereocenters. The molecular weight excluding hydrogens is 556 g/mol. The van der Waals surface area contributed by atoms with E-state index >= 15 is 0 Å². The number of amidine groups is 1. The van der Waals surface area contributed by atoms with Crippen LogP contribution >= 0.6 is 0 Å². The van der Waals surface area contributed by atoms with E-state index in [9.17, 15) is 19.7 Å². The van der Waals surface area contributed by atoms with Crippen LogP contribution < -0.4 is 17.2 Å². The van der Waals surface area contributed by atoms with E-state index in [2.05, 4.69) is 5.10 Å². The highest BCUT2D eigenvalue weighted by Crippen LogP contribution is 2.32. The Hall–Kier alpha value is -5.35. The van der Waals surface area contributed by atoms with Crippen molar-refractivity contribution in [2.75, 3.05) is 6.54 Å². The number of carbonyl (C=O) groups excluding carboxylic acids is 2. The molecule has 0 aliphatic heterocycles. The van der Waals surface area contributed by atoms with Crippen LogP contribution in [0.4, 0.5) is 0 Å². The van der Waals surface area contributed by atoms with Crippen molar-refractivity contribution in [1.82, 2.24) is 4.90 Å². The molecule has 44 heavy (non-hydrogen) atoms. The molecule has 0 spiro atoms. The molecule has 0 aliphatic carbocycles. The van der Waals surface area contributed by atoms with Gasteiger partial charge in [0.2, 0.25) is 11.8 Å². The van der Waals surface area contributed by atoms with E-state index in [4.69, 9.17) is 17.2 Å². The SMILES string of the molecule is NC(=O)[C@H](CCC(N)C(N)=N[N+](=O)[O-])N(CC(c1ccccc1)c1ccccc1)C(=O)C(c1ccccc1)c1ccccc1. The van der Waals surface area contributed by atoms with Crippen LogP contribution in [0, 0.1) is 10.1 Å². The molecule has 1 unspecified atom stereocenters. The van der Waals surface area contributed by atoms with Crippen molar-refractivity contribution >= 4 is 17.6 Å². The predicted octanol–water partition coefficient (Wildman–Crippen LogP) is 3.99. The molecular formula is C34H36N6O4. The molecule has 0 radical (unpaired) electrons. The Balaban J connectivity index is 1.82. The molecule has 0 aromatic heterocycles. The second kappa shape index (κ2) is 15.2. The second-order valence-electron chi connectivity index (χ2n) is 10.5. The van der Waals surface area contributed by atoms with Crippen molar-refractivity contribution in [3.8, 4) is 0 Å². The van der Waals surface area contributed by atoms with Gasteiger partial charge in [-0.05, 0) is 35.1 Å². The number of rotatable bonds is 14. The first-order valence-corrected chi connectivity index (χ1v) is 14.3. The van der Waals surface area contributed by atoms with Gasteiger partial charge in [0, 0.05) is 12.5 Å². The number of nitro groups is 1. The summed E-state index contributed by atoms with van der Waals surface area (Å²) in [5, 5.41) is 13.0. The molecule has 0 bridgehead atoms. The number of nitrogens with zero attached hydrogens (tertiary/aromatic N) is 3. The Labute approximate surface area is 256 Å². The molecule has 0 fully saturated rings. The summed E-state index contributed by atoms with van der Waals surface area (Å²) < 4.78 is 0. The first kappa shape index (κ1) is 31.6. The molecule has 0 saturated heterocycles. The molecule has 4 aromatic carbocycles. The predicted molar refractivity (Wildman–Crippen MR) is 170 cm³/mol. The van der Waals surface area contributed by atoms with Gasteiger partial charge in [0.25, 0.3) is 0 Å². The maximum Gasteiger partial charge on any atom is 0.240 e. The Morgan fingerprint density at radius 2 is 1.11 bits per heavy atom. The zero-order valence-electron chi connectivity index (χ0n) is 24.2. The van der Waals surface area contributed by atoms with Gasteiger partial charge in [0.15, 0.2) is 10.9 Å². The number of hydrogen-bond acceptors (Lipinski definition) is 5. The van der Waals surface area contributed by atoms with E-state index in [0.29, 0.717) is 0 Å². The Morgan fingerprint density at radius 1 is 0.705 bits per heavy atom. The van der Waals surface area contributed by atoms with Crippen molar-refractivity contribution in [2.24, 2.45) is 22.3 Å². The lowest BCUT2D eigenvalue weighted by atomic mass is 9.86. The van der Waals surface area contributed by atoms with Gasteiger partial charge in [-0.15, -0.1) is 0 Å². The highest BCUT2D eigenvalue weighted by atomic mass is 16.7. The van der Waals surface area contributed by atoms with Gasteiger partial charge in [-0.2, -0.15) is 0 Å². The van der Waals surface area contributed by atoms with Crippen LogP contribution in [0.5, 0.6) is 0 Å². The fraction of sp³-hybridized carbons (Fsp3) is 0.206. The molecule has 4 rings (SSSR count). The van der Waals surface area contributed by atoms with Crippen LogP contribution in [-0.4, -0.2) is 46.2 Å². The van der Waals surface area contributed by atoms with Crippen LogP contribution in [-0.2, 0) is 9.59 Å². The topological polar surface area (TPSA) is 171 Å². The van der Waals surface area contributed by atoms with Gasteiger partial charge in [-0.3, -0.25) is 9.59 Å². The minimum Gasteiger partial charge on any atom is -0.381 e. The first-order chi connectivity index (χ1) is 21.3. The van der Waals surface area contributed by atoms with E-state index in [0.717, 1.165) is 22.3 Å². The number of hydrazone groups is 1. The Morgan fingerprint density at radius 3 is 1.50 bits per heavy atom. The summed E-state index contributed by atoms with van der Waals surface area (Å²) in [5.74, 6) is -2.46. The lowest BCUT2D eigenvalue weighted by Crippen LogP contribution is -2.52. The van der Waals surface area contributed by atoms with Crippen molar-refractivity contribution in [3.05, 3.63) is 154 Å². The molecule has 4 aromatic rings. The number of primary amides is 1. The maximum absolute atomic E-state index is 14.9. The highest BCUT2D eigenvalue weighted by molar-refractivity contribution is 5.92. The number of carbonyl (C=O) groups is 2. The minimum absolute atomic E-state index is 0.0166. The molecule has 0 saturated carbocycles. The van der Waals surface area contributed by atoms with Crippen LogP contribution in [0.25, 0.3) is 0 Å². The van der Waals surface area contributed by atoms with Gasteiger partial charge in [0.1, 0.15) is 6.04 Å². The standard InChI is InChI=1S/C34H36N6O4/c35-29(32(36)38-40(43)44)21-22-30(33(37)41)39(23-28(24-13-5-1-6-14-24)25-15-7-2-8-16-25)34(42)31(26-17-9-3-10-18-26)27-19-11-4-12-20-27/h1-20,28-31H,21-23,35H2,(H2,36,38)(H2,37,41)/t29?,30-/m0/s1. The van der Waals surface area contributed by atoms with Gasteiger partial charge in [0.05, 0.1) is 17.1 Å². The molecule has 10 nitrogen and oxygen atoms in total. The summed E-state index contributed by atoms with van der Waals surface area (Å²) >= 11 is 0. The first-order valence-electron chi connectivity index (χ1n) is 14.3. The summed E-state index contributed by atoms with van der Waals surface area (Å²) in [4.78, 5) is 40.4. The van der Waals surface area contributed by atoms with Gasteiger partial charge in [-0.1, -0.05) is 121 Å². The zero-order chi connectivity index (χ0) is 31.5. The van der Waals surface area contributed by atoms with E-state index in [1.54, 1.807) is 0 Å². The third-order valence-corrected chi connectivity index (χ3v) is 7.61.